The van der Waals surface area contributed by atoms with Crippen molar-refractivity contribution in [1.29, 1.82) is 0 Å². The van der Waals surface area contributed by atoms with Gasteiger partial charge in [0.25, 0.3) is 0 Å². The zero-order chi connectivity index (χ0) is 19.9. The van der Waals surface area contributed by atoms with Gasteiger partial charge in [-0.3, -0.25) is 14.7 Å². The maximum absolute atomic E-state index is 13.6. The van der Waals surface area contributed by atoms with Crippen LogP contribution in [0.4, 0.5) is 24.7 Å². The minimum absolute atomic E-state index is 0.0529. The summed E-state index contributed by atoms with van der Waals surface area (Å²) >= 11 is 0. The van der Waals surface area contributed by atoms with Crippen LogP contribution >= 0.6 is 0 Å². The van der Waals surface area contributed by atoms with Gasteiger partial charge < -0.3 is 10.2 Å². The molecule has 1 aliphatic heterocycles. The molecule has 1 saturated heterocycles. The molecule has 2 N–H and O–H groups in total. The van der Waals surface area contributed by atoms with Crippen molar-refractivity contribution >= 4 is 23.3 Å². The van der Waals surface area contributed by atoms with Crippen LogP contribution in [-0.2, 0) is 9.59 Å². The fourth-order valence-electron chi connectivity index (χ4n) is 3.46. The zero-order valence-corrected chi connectivity index (χ0v) is 14.9. The number of halogens is 3. The number of benzene rings is 1. The molecule has 148 valence electrons. The molecule has 1 atom stereocenters. The number of hydrogen-bond acceptors (Lipinski definition) is 3. The fourth-order valence-corrected chi connectivity index (χ4v) is 3.46. The highest BCUT2D eigenvalue weighted by molar-refractivity contribution is 5.97. The second-order valence-electron chi connectivity index (χ2n) is 7.19. The third kappa shape index (κ3) is 3.74. The number of alkyl halides is 3. The number of aromatic amines is 1. The Morgan fingerprint density at radius 1 is 1.25 bits per heavy atom. The summed E-state index contributed by atoms with van der Waals surface area (Å²) in [5, 5.41) is 8.89. The van der Waals surface area contributed by atoms with Crippen LogP contribution in [-0.4, -0.2) is 34.7 Å². The maximum Gasteiger partial charge on any atom is 0.404 e. The summed E-state index contributed by atoms with van der Waals surface area (Å²) in [7, 11) is 0. The largest absolute Gasteiger partial charge is 0.404 e. The standard InChI is InChI=1S/C19H19F3N4O2/c20-19(21,22)17(18(28)23-15-10-14(24-25-15)11-3-4-11)12-5-7-13(8-6-12)26-9-1-2-16(26)27/h5-8,10-11,17H,1-4,9H2,(H2,23,24,25,28). The highest BCUT2D eigenvalue weighted by Gasteiger charge is 2.46. The summed E-state index contributed by atoms with van der Waals surface area (Å²) < 4.78 is 40.8. The quantitative estimate of drug-likeness (QED) is 0.815. The molecular weight excluding hydrogens is 373 g/mol. The van der Waals surface area contributed by atoms with Crippen molar-refractivity contribution in [3.63, 3.8) is 0 Å². The zero-order valence-electron chi connectivity index (χ0n) is 14.9. The lowest BCUT2D eigenvalue weighted by Crippen LogP contribution is -2.33. The van der Waals surface area contributed by atoms with Gasteiger partial charge in [0.2, 0.25) is 11.8 Å². The first-order valence-electron chi connectivity index (χ1n) is 9.16. The molecule has 1 saturated carbocycles. The Labute approximate surface area is 159 Å². The van der Waals surface area contributed by atoms with Crippen molar-refractivity contribution < 1.29 is 22.8 Å². The van der Waals surface area contributed by atoms with Crippen molar-refractivity contribution in [2.24, 2.45) is 0 Å². The monoisotopic (exact) mass is 392 g/mol. The lowest BCUT2D eigenvalue weighted by Gasteiger charge is -2.21. The first-order chi connectivity index (χ1) is 13.3. The highest BCUT2D eigenvalue weighted by Crippen LogP contribution is 2.40. The molecule has 1 aromatic heterocycles. The van der Waals surface area contributed by atoms with Crippen molar-refractivity contribution in [1.82, 2.24) is 10.2 Å². The molecule has 4 rings (SSSR count). The third-order valence-corrected chi connectivity index (χ3v) is 5.07. The summed E-state index contributed by atoms with van der Waals surface area (Å²) in [6.07, 6.45) is -1.59. The van der Waals surface area contributed by atoms with Gasteiger partial charge in [-0.25, -0.2) is 0 Å². The molecule has 2 fully saturated rings. The van der Waals surface area contributed by atoms with Crippen LogP contribution in [0.2, 0.25) is 0 Å². The van der Waals surface area contributed by atoms with E-state index in [0.29, 0.717) is 24.6 Å². The van der Waals surface area contributed by atoms with Crippen LogP contribution in [0.1, 0.15) is 48.8 Å². The van der Waals surface area contributed by atoms with Crippen LogP contribution < -0.4 is 10.2 Å². The Hall–Kier alpha value is -2.84. The first kappa shape index (κ1) is 18.5. The molecule has 9 heteroatoms. The number of rotatable bonds is 5. The van der Waals surface area contributed by atoms with Gasteiger partial charge >= 0.3 is 6.18 Å². The van der Waals surface area contributed by atoms with E-state index in [9.17, 15) is 22.8 Å². The number of carbonyl (C=O) groups excluding carboxylic acids is 2. The van der Waals surface area contributed by atoms with Crippen molar-refractivity contribution in [2.75, 3.05) is 16.8 Å². The molecule has 1 aromatic carbocycles. The minimum atomic E-state index is -4.76. The van der Waals surface area contributed by atoms with Gasteiger partial charge in [0, 0.05) is 36.3 Å². The number of nitrogens with one attached hydrogen (secondary N) is 2. The van der Waals surface area contributed by atoms with E-state index >= 15 is 0 Å². The van der Waals surface area contributed by atoms with E-state index in [-0.39, 0.29) is 17.3 Å². The van der Waals surface area contributed by atoms with Gasteiger partial charge in [-0.15, -0.1) is 0 Å². The van der Waals surface area contributed by atoms with Crippen molar-refractivity contribution in [3.8, 4) is 0 Å². The number of H-pyrrole nitrogens is 1. The predicted octanol–water partition coefficient (Wildman–Crippen LogP) is 3.70. The molecule has 0 bridgehead atoms. The number of carbonyl (C=O) groups is 2. The van der Waals surface area contributed by atoms with Gasteiger partial charge in [-0.05, 0) is 37.0 Å². The SMILES string of the molecule is O=C(Nc1cc(C2CC2)[nH]n1)C(c1ccc(N2CCCC2=O)cc1)C(F)(F)F. The number of hydrogen-bond donors (Lipinski definition) is 2. The van der Waals surface area contributed by atoms with Gasteiger partial charge in [-0.1, -0.05) is 12.1 Å². The lowest BCUT2D eigenvalue weighted by atomic mass is 9.97. The van der Waals surface area contributed by atoms with Crippen LogP contribution in [0.15, 0.2) is 30.3 Å². The number of nitrogens with zero attached hydrogens (tertiary/aromatic N) is 2. The highest BCUT2D eigenvalue weighted by atomic mass is 19.4. The van der Waals surface area contributed by atoms with Gasteiger partial charge in [0.15, 0.2) is 11.7 Å². The van der Waals surface area contributed by atoms with Gasteiger partial charge in [-0.2, -0.15) is 18.3 Å². The fraction of sp³-hybridized carbons (Fsp3) is 0.421. The molecule has 2 aliphatic rings. The summed E-state index contributed by atoms with van der Waals surface area (Å²) in [6.45, 7) is 0.545. The van der Waals surface area contributed by atoms with E-state index in [4.69, 9.17) is 0 Å². The van der Waals surface area contributed by atoms with Gasteiger partial charge in [0.05, 0.1) is 0 Å². The van der Waals surface area contributed by atoms with E-state index in [1.54, 1.807) is 6.07 Å². The van der Waals surface area contributed by atoms with E-state index in [0.717, 1.165) is 25.0 Å². The van der Waals surface area contributed by atoms with Gasteiger partial charge in [0.1, 0.15) is 0 Å². The molecule has 2 heterocycles. The molecule has 28 heavy (non-hydrogen) atoms. The molecule has 0 spiro atoms. The Morgan fingerprint density at radius 3 is 2.54 bits per heavy atom. The Balaban J connectivity index is 1.53. The average Bonchev–Trinajstić information content (AvgIpc) is 3.23. The Bertz CT molecular complexity index is 887. The predicted molar refractivity (Wildman–Crippen MR) is 96.0 cm³/mol. The molecule has 2 aromatic rings. The molecule has 1 unspecified atom stereocenters. The lowest BCUT2D eigenvalue weighted by molar-refractivity contribution is -0.161. The summed E-state index contributed by atoms with van der Waals surface area (Å²) in [5.74, 6) is -3.14. The molecular formula is C19H19F3N4O2. The molecule has 6 nitrogen and oxygen atoms in total. The van der Waals surface area contributed by atoms with Crippen LogP contribution in [0.5, 0.6) is 0 Å². The Kier molecular flexibility index (Phi) is 4.60. The third-order valence-electron chi connectivity index (χ3n) is 5.07. The Morgan fingerprint density at radius 2 is 1.96 bits per heavy atom. The summed E-state index contributed by atoms with van der Waals surface area (Å²) in [5.41, 5.74) is 1.17. The molecule has 0 radical (unpaired) electrons. The second-order valence-corrected chi connectivity index (χ2v) is 7.19. The number of anilines is 2. The van der Waals surface area contributed by atoms with Crippen molar-refractivity contribution in [3.05, 3.63) is 41.6 Å². The first-order valence-corrected chi connectivity index (χ1v) is 9.16. The van der Waals surface area contributed by atoms with Crippen LogP contribution in [0.3, 0.4) is 0 Å². The normalized spacial score (nSPS) is 18.4. The smallest absolute Gasteiger partial charge is 0.312 e. The van der Waals surface area contributed by atoms with Crippen LogP contribution in [0, 0.1) is 0 Å². The second kappa shape index (κ2) is 6.96. The molecule has 1 aliphatic carbocycles. The minimum Gasteiger partial charge on any atom is -0.312 e. The maximum atomic E-state index is 13.6. The summed E-state index contributed by atoms with van der Waals surface area (Å²) in [6, 6.07) is 6.97. The number of amides is 2. The van der Waals surface area contributed by atoms with Crippen LogP contribution in [0.25, 0.3) is 0 Å². The number of aromatic nitrogens is 2. The van der Waals surface area contributed by atoms with E-state index in [1.807, 2.05) is 0 Å². The van der Waals surface area contributed by atoms with Crippen molar-refractivity contribution in [2.45, 2.75) is 43.7 Å². The van der Waals surface area contributed by atoms with E-state index in [1.165, 1.54) is 29.2 Å². The van der Waals surface area contributed by atoms with E-state index in [2.05, 4.69) is 15.5 Å². The average molecular weight is 392 g/mol. The topological polar surface area (TPSA) is 78.1 Å². The molecule has 2 amide bonds. The summed E-state index contributed by atoms with van der Waals surface area (Å²) in [4.78, 5) is 25.7. The van der Waals surface area contributed by atoms with E-state index < -0.39 is 18.0 Å².